The lowest BCUT2D eigenvalue weighted by atomic mass is 9.78. The molecule has 0 aromatic heterocycles. The van der Waals surface area contributed by atoms with Crippen molar-refractivity contribution in [3.05, 3.63) is 89.5 Å². The molecule has 0 saturated carbocycles. The number of cyclic esters (lactones) is 1. The first-order valence-corrected chi connectivity index (χ1v) is 14.0. The monoisotopic (exact) mass is 550 g/mol. The molecular formula is C29H27ClN2O5S. The second kappa shape index (κ2) is 9.91. The molecule has 38 heavy (non-hydrogen) atoms. The fourth-order valence-electron chi connectivity index (χ4n) is 6.30. The van der Waals surface area contributed by atoms with Gasteiger partial charge in [0.2, 0.25) is 5.91 Å². The minimum Gasteiger partial charge on any atom is -0.465 e. The number of fused-ring (bicyclic) bond motifs is 2. The Kier molecular flexibility index (Phi) is 6.58. The molecule has 6 rings (SSSR count). The molecule has 2 aromatic carbocycles. The summed E-state index contributed by atoms with van der Waals surface area (Å²) in [5.74, 6) is -2.61. The first-order valence-electron chi connectivity index (χ1n) is 12.7. The molecular weight excluding hydrogens is 524 g/mol. The van der Waals surface area contributed by atoms with Crippen LogP contribution in [0, 0.1) is 11.8 Å². The van der Waals surface area contributed by atoms with Gasteiger partial charge in [0.15, 0.2) is 0 Å². The standard InChI is InChI=1S/C29H27ClN2O5S/c30-19-11-4-5-12-20(19)31-15-8-14-29-24(23-22(38-29)13-6-7-16-37-28(23)36)26(34)32(25(29)27(31)35)21(17-33)18-9-2-1-3-10-18/h1-6,8-14,21-25,33H,7,15-17H2/t21-,22+,23-,24+,25?,29+/m1/s1. The lowest BCUT2D eigenvalue weighted by molar-refractivity contribution is -0.153. The molecule has 0 aliphatic carbocycles. The summed E-state index contributed by atoms with van der Waals surface area (Å²) in [7, 11) is 0. The van der Waals surface area contributed by atoms with Gasteiger partial charge in [-0.2, -0.15) is 0 Å². The van der Waals surface area contributed by atoms with Crippen molar-refractivity contribution >= 4 is 46.8 Å². The quantitative estimate of drug-likeness (QED) is 0.460. The fraction of sp³-hybridized carbons (Fsp3) is 0.345. The molecule has 2 saturated heterocycles. The van der Waals surface area contributed by atoms with Gasteiger partial charge < -0.3 is 19.6 Å². The van der Waals surface area contributed by atoms with Crippen molar-refractivity contribution in [3.8, 4) is 0 Å². The van der Waals surface area contributed by atoms with Gasteiger partial charge in [0.1, 0.15) is 6.04 Å². The van der Waals surface area contributed by atoms with E-state index in [1.165, 1.54) is 16.7 Å². The lowest BCUT2D eigenvalue weighted by Gasteiger charge is -2.38. The van der Waals surface area contributed by atoms with Crippen LogP contribution in [-0.2, 0) is 19.1 Å². The smallest absolute Gasteiger partial charge is 0.311 e. The van der Waals surface area contributed by atoms with Crippen LogP contribution in [0.5, 0.6) is 0 Å². The van der Waals surface area contributed by atoms with Crippen LogP contribution in [0.1, 0.15) is 18.0 Å². The molecule has 0 radical (unpaired) electrons. The number of ether oxygens (including phenoxy) is 1. The normalized spacial score (nSPS) is 31.2. The van der Waals surface area contributed by atoms with Crippen molar-refractivity contribution in [1.29, 1.82) is 0 Å². The molecule has 0 bridgehead atoms. The molecule has 9 heteroatoms. The van der Waals surface area contributed by atoms with E-state index in [1.54, 1.807) is 23.1 Å². The second-order valence-corrected chi connectivity index (χ2v) is 11.8. The molecule has 4 aliphatic heterocycles. The van der Waals surface area contributed by atoms with E-state index < -0.39 is 34.6 Å². The van der Waals surface area contributed by atoms with E-state index in [2.05, 4.69) is 0 Å². The van der Waals surface area contributed by atoms with Gasteiger partial charge in [-0.1, -0.05) is 78.4 Å². The lowest BCUT2D eigenvalue weighted by Crippen LogP contribution is -2.54. The average Bonchev–Trinajstić information content (AvgIpc) is 3.30. The van der Waals surface area contributed by atoms with Gasteiger partial charge in [-0.25, -0.2) is 0 Å². The van der Waals surface area contributed by atoms with Gasteiger partial charge in [0.05, 0.1) is 46.5 Å². The van der Waals surface area contributed by atoms with E-state index >= 15 is 0 Å². The van der Waals surface area contributed by atoms with Gasteiger partial charge in [-0.3, -0.25) is 14.4 Å². The molecule has 2 aromatic rings. The number of rotatable bonds is 4. The zero-order valence-corrected chi connectivity index (χ0v) is 22.1. The maximum Gasteiger partial charge on any atom is 0.311 e. The summed E-state index contributed by atoms with van der Waals surface area (Å²) in [6.07, 6.45) is 8.39. The van der Waals surface area contributed by atoms with Crippen molar-refractivity contribution in [3.63, 3.8) is 0 Å². The Balaban J connectivity index is 1.53. The number of likely N-dealkylation sites (tertiary alicyclic amines) is 1. The van der Waals surface area contributed by atoms with Crippen LogP contribution in [0.3, 0.4) is 0 Å². The van der Waals surface area contributed by atoms with E-state index in [1.807, 2.05) is 60.7 Å². The highest BCUT2D eigenvalue weighted by Gasteiger charge is 2.72. The van der Waals surface area contributed by atoms with E-state index in [4.69, 9.17) is 16.3 Å². The number of aliphatic hydroxyl groups is 1. The van der Waals surface area contributed by atoms with Crippen molar-refractivity contribution < 1.29 is 24.2 Å². The third kappa shape index (κ3) is 3.81. The third-order valence-electron chi connectivity index (χ3n) is 7.89. The summed E-state index contributed by atoms with van der Waals surface area (Å²) in [4.78, 5) is 45.4. The Morgan fingerprint density at radius 2 is 1.82 bits per heavy atom. The van der Waals surface area contributed by atoms with Crippen molar-refractivity contribution in [2.24, 2.45) is 11.8 Å². The minimum absolute atomic E-state index is 0.253. The fourth-order valence-corrected chi connectivity index (χ4v) is 8.52. The molecule has 1 N–H and O–H groups in total. The number of benzene rings is 2. The average molecular weight is 551 g/mol. The van der Waals surface area contributed by atoms with Crippen LogP contribution >= 0.6 is 23.4 Å². The third-order valence-corrected chi connectivity index (χ3v) is 9.96. The van der Waals surface area contributed by atoms with Crippen molar-refractivity contribution in [2.45, 2.75) is 28.5 Å². The van der Waals surface area contributed by atoms with Crippen LogP contribution in [-0.4, -0.2) is 63.6 Å². The van der Waals surface area contributed by atoms with E-state index in [-0.39, 0.29) is 36.8 Å². The highest BCUT2D eigenvalue weighted by molar-refractivity contribution is 8.02. The van der Waals surface area contributed by atoms with Gasteiger partial charge in [0.25, 0.3) is 5.91 Å². The predicted molar refractivity (Wildman–Crippen MR) is 146 cm³/mol. The van der Waals surface area contributed by atoms with Gasteiger partial charge in [0, 0.05) is 11.8 Å². The molecule has 6 atom stereocenters. The molecule has 1 unspecified atom stereocenters. The number of para-hydroxylation sites is 1. The Bertz CT molecular complexity index is 1330. The van der Waals surface area contributed by atoms with Gasteiger partial charge in [-0.05, 0) is 24.1 Å². The summed E-state index contributed by atoms with van der Waals surface area (Å²) in [5, 5.41) is 10.7. The Morgan fingerprint density at radius 1 is 1.05 bits per heavy atom. The summed E-state index contributed by atoms with van der Waals surface area (Å²) < 4.78 is 4.52. The molecule has 7 nitrogen and oxygen atoms in total. The maximum atomic E-state index is 14.6. The summed E-state index contributed by atoms with van der Waals surface area (Å²) in [6, 6.07) is 14.6. The molecule has 2 amide bonds. The number of amides is 2. The number of nitrogens with zero attached hydrogens (tertiary/aromatic N) is 2. The van der Waals surface area contributed by atoms with Crippen molar-refractivity contribution in [2.75, 3.05) is 24.7 Å². The zero-order valence-electron chi connectivity index (χ0n) is 20.5. The maximum absolute atomic E-state index is 14.6. The predicted octanol–water partition coefficient (Wildman–Crippen LogP) is 3.78. The molecule has 2 fully saturated rings. The van der Waals surface area contributed by atoms with Crippen LogP contribution in [0.4, 0.5) is 5.69 Å². The van der Waals surface area contributed by atoms with E-state index in [0.29, 0.717) is 22.7 Å². The number of halogens is 1. The summed E-state index contributed by atoms with van der Waals surface area (Å²) in [5.41, 5.74) is 1.26. The molecule has 1 spiro atoms. The van der Waals surface area contributed by atoms with E-state index in [0.717, 1.165) is 0 Å². The number of carbonyl (C=O) groups excluding carboxylic acids is 3. The minimum atomic E-state index is -1.02. The zero-order chi connectivity index (χ0) is 26.4. The number of hydrogen-bond donors (Lipinski definition) is 1. The van der Waals surface area contributed by atoms with Crippen molar-refractivity contribution in [1.82, 2.24) is 4.90 Å². The first-order chi connectivity index (χ1) is 18.5. The number of esters is 1. The second-order valence-electron chi connectivity index (χ2n) is 9.88. The van der Waals surface area contributed by atoms with Gasteiger partial charge in [-0.15, -0.1) is 11.8 Å². The first kappa shape index (κ1) is 25.2. The highest BCUT2D eigenvalue weighted by Crippen LogP contribution is 2.62. The topological polar surface area (TPSA) is 87.2 Å². The van der Waals surface area contributed by atoms with E-state index in [9.17, 15) is 19.5 Å². The largest absolute Gasteiger partial charge is 0.465 e. The SMILES string of the molecule is O=C1OCCC=C[C@@H]2S[C@]34C=CCN(c5ccccc5Cl)C(=O)C3N([C@H](CO)c3ccccc3)C(=O)[C@@H]4[C@H]12. The van der Waals surface area contributed by atoms with Gasteiger partial charge >= 0.3 is 5.97 Å². The summed E-state index contributed by atoms with van der Waals surface area (Å²) in [6.45, 7) is 0.144. The number of aliphatic hydroxyl groups excluding tert-OH is 1. The van der Waals surface area contributed by atoms with Crippen LogP contribution in [0.2, 0.25) is 5.02 Å². The molecule has 196 valence electrons. The molecule has 4 aliphatic rings. The number of anilines is 1. The Morgan fingerprint density at radius 3 is 2.58 bits per heavy atom. The Hall–Kier alpha value is -3.07. The highest BCUT2D eigenvalue weighted by atomic mass is 35.5. The number of carbonyl (C=O) groups is 3. The Labute approximate surface area is 230 Å². The number of thioether (sulfide) groups is 1. The van der Waals surface area contributed by atoms with Crippen LogP contribution in [0.15, 0.2) is 78.9 Å². The van der Waals surface area contributed by atoms with Crippen LogP contribution < -0.4 is 4.90 Å². The van der Waals surface area contributed by atoms with Crippen LogP contribution in [0.25, 0.3) is 0 Å². The molecule has 4 heterocycles. The summed E-state index contributed by atoms with van der Waals surface area (Å²) >= 11 is 7.99. The number of hydrogen-bond acceptors (Lipinski definition) is 6.